The first-order chi connectivity index (χ1) is 11.6. The zero-order valence-corrected chi connectivity index (χ0v) is 14.4. The molecule has 3 nitrogen and oxygen atoms in total. The normalized spacial score (nSPS) is 11.8. The molecule has 0 spiro atoms. The van der Waals surface area contributed by atoms with Crippen LogP contribution in [0.25, 0.3) is 0 Å². The van der Waals surface area contributed by atoms with E-state index in [0.29, 0.717) is 0 Å². The number of anilines is 2. The highest BCUT2D eigenvalue weighted by Gasteiger charge is 2.15. The summed E-state index contributed by atoms with van der Waals surface area (Å²) in [6.07, 6.45) is 1.83. The van der Waals surface area contributed by atoms with Crippen LogP contribution in [0.15, 0.2) is 72.9 Å². The molecule has 1 aromatic heterocycles. The number of benzene rings is 2. The van der Waals surface area contributed by atoms with Crippen molar-refractivity contribution in [2.24, 2.45) is 0 Å². The minimum Gasteiger partial charge on any atom is -0.378 e. The Labute approximate surface area is 144 Å². The van der Waals surface area contributed by atoms with Crippen LogP contribution < -0.4 is 10.2 Å². The molecule has 1 N–H and O–H groups in total. The Bertz CT molecular complexity index is 780. The third-order valence-electron chi connectivity index (χ3n) is 4.17. The van der Waals surface area contributed by atoms with E-state index in [1.54, 1.807) is 0 Å². The highest BCUT2D eigenvalue weighted by molar-refractivity contribution is 5.52. The van der Waals surface area contributed by atoms with Crippen molar-refractivity contribution in [3.63, 3.8) is 0 Å². The minimum atomic E-state index is 0.0658. The molecule has 0 aliphatic carbocycles. The van der Waals surface area contributed by atoms with E-state index >= 15 is 0 Å². The van der Waals surface area contributed by atoms with Gasteiger partial charge in [0, 0.05) is 26.0 Å². The van der Waals surface area contributed by atoms with Crippen LogP contribution in [0, 0.1) is 6.92 Å². The zero-order valence-electron chi connectivity index (χ0n) is 14.4. The maximum absolute atomic E-state index is 4.50. The predicted molar refractivity (Wildman–Crippen MR) is 102 cm³/mol. The molecule has 0 fully saturated rings. The summed E-state index contributed by atoms with van der Waals surface area (Å²) in [4.78, 5) is 6.60. The first-order valence-electron chi connectivity index (χ1n) is 8.15. The van der Waals surface area contributed by atoms with E-state index in [-0.39, 0.29) is 6.04 Å². The van der Waals surface area contributed by atoms with Crippen molar-refractivity contribution >= 4 is 11.5 Å². The molecule has 0 radical (unpaired) electrons. The number of aromatic nitrogens is 1. The van der Waals surface area contributed by atoms with Crippen molar-refractivity contribution in [3.8, 4) is 0 Å². The molecule has 3 aromatic rings. The van der Waals surface area contributed by atoms with Gasteiger partial charge in [-0.15, -0.1) is 0 Å². The fourth-order valence-corrected chi connectivity index (χ4v) is 2.74. The summed E-state index contributed by atoms with van der Waals surface area (Å²) >= 11 is 0. The highest BCUT2D eigenvalue weighted by Crippen LogP contribution is 2.28. The van der Waals surface area contributed by atoms with Gasteiger partial charge in [0.2, 0.25) is 0 Å². The van der Waals surface area contributed by atoms with E-state index in [4.69, 9.17) is 0 Å². The predicted octanol–water partition coefficient (Wildman–Crippen LogP) is 4.66. The van der Waals surface area contributed by atoms with E-state index in [1.807, 2.05) is 18.3 Å². The van der Waals surface area contributed by atoms with Crippen molar-refractivity contribution in [2.45, 2.75) is 13.0 Å². The van der Waals surface area contributed by atoms with Gasteiger partial charge in [-0.3, -0.25) is 0 Å². The SMILES string of the molecule is Cc1cccnc1NC(c1ccccc1)c1ccc(N(C)C)cc1. The topological polar surface area (TPSA) is 28.2 Å². The molecule has 122 valence electrons. The molecule has 2 aromatic carbocycles. The largest absolute Gasteiger partial charge is 0.378 e. The van der Waals surface area contributed by atoms with Gasteiger partial charge in [-0.05, 0) is 41.8 Å². The minimum absolute atomic E-state index is 0.0658. The van der Waals surface area contributed by atoms with Crippen LogP contribution in [0.5, 0.6) is 0 Å². The molecule has 0 saturated heterocycles. The second kappa shape index (κ2) is 7.18. The zero-order chi connectivity index (χ0) is 16.9. The summed E-state index contributed by atoms with van der Waals surface area (Å²) in [5.41, 5.74) is 4.78. The van der Waals surface area contributed by atoms with Crippen LogP contribution in [-0.2, 0) is 0 Å². The van der Waals surface area contributed by atoms with E-state index in [9.17, 15) is 0 Å². The Hall–Kier alpha value is -2.81. The summed E-state index contributed by atoms with van der Waals surface area (Å²) in [6, 6.07) is 23.3. The summed E-state index contributed by atoms with van der Waals surface area (Å²) < 4.78 is 0. The van der Waals surface area contributed by atoms with Crippen LogP contribution >= 0.6 is 0 Å². The third-order valence-corrected chi connectivity index (χ3v) is 4.17. The lowest BCUT2D eigenvalue weighted by Crippen LogP contribution is -2.14. The van der Waals surface area contributed by atoms with E-state index < -0.39 is 0 Å². The van der Waals surface area contributed by atoms with Gasteiger partial charge in [-0.25, -0.2) is 4.98 Å². The van der Waals surface area contributed by atoms with Crippen molar-refractivity contribution in [2.75, 3.05) is 24.3 Å². The van der Waals surface area contributed by atoms with Crippen molar-refractivity contribution in [3.05, 3.63) is 89.6 Å². The fraction of sp³-hybridized carbons (Fsp3) is 0.190. The maximum Gasteiger partial charge on any atom is 0.129 e. The van der Waals surface area contributed by atoms with Gasteiger partial charge in [0.05, 0.1) is 6.04 Å². The molecule has 3 heteroatoms. The average molecular weight is 317 g/mol. The summed E-state index contributed by atoms with van der Waals surface area (Å²) in [7, 11) is 4.11. The molecular formula is C21H23N3. The summed E-state index contributed by atoms with van der Waals surface area (Å²) in [6.45, 7) is 2.08. The number of nitrogens with one attached hydrogen (secondary N) is 1. The highest BCUT2D eigenvalue weighted by atomic mass is 15.1. The van der Waals surface area contributed by atoms with Crippen LogP contribution in [0.2, 0.25) is 0 Å². The molecule has 1 atom stereocenters. The molecule has 1 unspecified atom stereocenters. The summed E-state index contributed by atoms with van der Waals surface area (Å²) in [5, 5.41) is 3.60. The monoisotopic (exact) mass is 317 g/mol. The molecule has 3 rings (SSSR count). The van der Waals surface area contributed by atoms with Gasteiger partial charge < -0.3 is 10.2 Å². The first-order valence-corrected chi connectivity index (χ1v) is 8.15. The number of aryl methyl sites for hydroxylation is 1. The smallest absolute Gasteiger partial charge is 0.129 e. The van der Waals surface area contributed by atoms with Crippen molar-refractivity contribution in [1.82, 2.24) is 4.98 Å². The van der Waals surface area contributed by atoms with Crippen LogP contribution in [0.4, 0.5) is 11.5 Å². The molecule has 0 saturated carbocycles. The number of rotatable bonds is 5. The molecule has 0 amide bonds. The average Bonchev–Trinajstić information content (AvgIpc) is 2.62. The molecule has 0 bridgehead atoms. The first kappa shape index (κ1) is 16.1. The van der Waals surface area contributed by atoms with Crippen LogP contribution in [0.1, 0.15) is 22.7 Å². The van der Waals surface area contributed by atoms with Gasteiger partial charge in [-0.1, -0.05) is 48.5 Å². The van der Waals surface area contributed by atoms with Gasteiger partial charge in [0.15, 0.2) is 0 Å². The van der Waals surface area contributed by atoms with Gasteiger partial charge >= 0.3 is 0 Å². The van der Waals surface area contributed by atoms with Crippen molar-refractivity contribution in [1.29, 1.82) is 0 Å². The molecule has 24 heavy (non-hydrogen) atoms. The van der Waals surface area contributed by atoms with Gasteiger partial charge in [0.1, 0.15) is 5.82 Å². The quantitative estimate of drug-likeness (QED) is 0.742. The lowest BCUT2D eigenvalue weighted by Gasteiger charge is -2.22. The van der Waals surface area contributed by atoms with E-state index in [0.717, 1.165) is 11.4 Å². The number of hydrogen-bond donors (Lipinski definition) is 1. The number of pyridine rings is 1. The van der Waals surface area contributed by atoms with Gasteiger partial charge in [0.25, 0.3) is 0 Å². The second-order valence-corrected chi connectivity index (χ2v) is 6.14. The van der Waals surface area contributed by atoms with Crippen molar-refractivity contribution < 1.29 is 0 Å². The Morgan fingerprint density at radius 2 is 1.50 bits per heavy atom. The second-order valence-electron chi connectivity index (χ2n) is 6.14. The standard InChI is InChI=1S/C21H23N3/c1-16-8-7-15-22-21(16)23-20(17-9-5-4-6-10-17)18-11-13-19(14-12-18)24(2)3/h4-15,20H,1-3H3,(H,22,23). The Morgan fingerprint density at radius 1 is 0.833 bits per heavy atom. The van der Waals surface area contributed by atoms with Crippen LogP contribution in [-0.4, -0.2) is 19.1 Å². The van der Waals surface area contributed by atoms with E-state index in [1.165, 1.54) is 16.8 Å². The lowest BCUT2D eigenvalue weighted by molar-refractivity contribution is 0.921. The molecule has 0 aliphatic rings. The third kappa shape index (κ3) is 3.57. The maximum atomic E-state index is 4.50. The molecular weight excluding hydrogens is 294 g/mol. The van der Waals surface area contributed by atoms with Gasteiger partial charge in [-0.2, -0.15) is 0 Å². The lowest BCUT2D eigenvalue weighted by atomic mass is 9.98. The van der Waals surface area contributed by atoms with E-state index in [2.05, 4.69) is 90.8 Å². The Kier molecular flexibility index (Phi) is 4.80. The fourth-order valence-electron chi connectivity index (χ4n) is 2.74. The Balaban J connectivity index is 1.98. The number of nitrogens with zero attached hydrogens (tertiary/aromatic N) is 2. The summed E-state index contributed by atoms with van der Waals surface area (Å²) in [5.74, 6) is 0.919. The molecule has 1 heterocycles. The van der Waals surface area contributed by atoms with Crippen LogP contribution in [0.3, 0.4) is 0 Å². The molecule has 0 aliphatic heterocycles. The number of hydrogen-bond acceptors (Lipinski definition) is 3. The Morgan fingerprint density at radius 3 is 2.12 bits per heavy atom.